The van der Waals surface area contributed by atoms with Gasteiger partial charge in [0.15, 0.2) is 0 Å². The maximum atomic E-state index is 9.65. The number of thioether (sulfide) groups is 1. The van der Waals surface area contributed by atoms with Crippen LogP contribution in [-0.4, -0.2) is 11.4 Å². The Morgan fingerprint density at radius 2 is 1.67 bits per heavy atom. The summed E-state index contributed by atoms with van der Waals surface area (Å²) < 4.78 is 0. The van der Waals surface area contributed by atoms with E-state index in [9.17, 15) is 5.11 Å². The van der Waals surface area contributed by atoms with Crippen LogP contribution < -0.4 is 0 Å². The van der Waals surface area contributed by atoms with Crippen LogP contribution in [0.25, 0.3) is 0 Å². The van der Waals surface area contributed by atoms with Crippen molar-refractivity contribution in [1.82, 2.24) is 0 Å². The number of benzene rings is 1. The van der Waals surface area contributed by atoms with E-state index in [-0.39, 0.29) is 0 Å². The zero-order valence-corrected chi connectivity index (χ0v) is 8.48. The molecule has 0 unspecified atom stereocenters. The standard InChI is InChI=1S/C10H14OS/c1-10(2,11)8-4-6-9(12-3)7-5-8/h4-7,11H,1-3H3. The smallest absolute Gasteiger partial charge is 0.0840 e. The fraction of sp³-hybridized carbons (Fsp3) is 0.400. The van der Waals surface area contributed by atoms with Crippen molar-refractivity contribution in [3.05, 3.63) is 29.8 Å². The number of rotatable bonds is 2. The average Bonchev–Trinajstić information content (AvgIpc) is 2.03. The molecule has 2 heteroatoms. The van der Waals surface area contributed by atoms with Crippen molar-refractivity contribution in [3.8, 4) is 0 Å². The molecule has 66 valence electrons. The Labute approximate surface area is 77.8 Å². The highest BCUT2D eigenvalue weighted by atomic mass is 32.2. The predicted molar refractivity (Wildman–Crippen MR) is 53.5 cm³/mol. The zero-order valence-electron chi connectivity index (χ0n) is 7.66. The lowest BCUT2D eigenvalue weighted by Gasteiger charge is -2.17. The third-order valence-corrected chi connectivity index (χ3v) is 2.54. The molecule has 0 aromatic heterocycles. The molecule has 0 aliphatic rings. The van der Waals surface area contributed by atoms with Crippen LogP contribution >= 0.6 is 11.8 Å². The minimum atomic E-state index is -0.725. The molecule has 0 aliphatic carbocycles. The Morgan fingerprint density at radius 1 is 1.17 bits per heavy atom. The molecular formula is C10H14OS. The molecule has 1 N–H and O–H groups in total. The molecule has 0 spiro atoms. The lowest BCUT2D eigenvalue weighted by atomic mass is 9.99. The molecule has 0 atom stereocenters. The van der Waals surface area contributed by atoms with Crippen molar-refractivity contribution in [2.24, 2.45) is 0 Å². The van der Waals surface area contributed by atoms with Crippen LogP contribution in [0.5, 0.6) is 0 Å². The van der Waals surface area contributed by atoms with E-state index < -0.39 is 5.60 Å². The summed E-state index contributed by atoms with van der Waals surface area (Å²) >= 11 is 1.71. The van der Waals surface area contributed by atoms with Crippen molar-refractivity contribution in [2.45, 2.75) is 24.3 Å². The van der Waals surface area contributed by atoms with Gasteiger partial charge in [-0.1, -0.05) is 12.1 Å². The summed E-state index contributed by atoms with van der Waals surface area (Å²) in [6.45, 7) is 3.59. The van der Waals surface area contributed by atoms with Gasteiger partial charge in [-0.05, 0) is 37.8 Å². The summed E-state index contributed by atoms with van der Waals surface area (Å²) in [5.41, 5.74) is 0.233. The molecule has 0 fully saturated rings. The van der Waals surface area contributed by atoms with E-state index in [1.165, 1.54) is 4.90 Å². The van der Waals surface area contributed by atoms with Gasteiger partial charge in [0.05, 0.1) is 5.60 Å². The van der Waals surface area contributed by atoms with Gasteiger partial charge in [-0.15, -0.1) is 11.8 Å². The molecule has 0 amide bonds. The summed E-state index contributed by atoms with van der Waals surface area (Å²) in [5, 5.41) is 9.65. The zero-order chi connectivity index (χ0) is 9.19. The van der Waals surface area contributed by atoms with Crippen LogP contribution in [0.1, 0.15) is 19.4 Å². The maximum Gasteiger partial charge on any atom is 0.0840 e. The second-order valence-corrected chi connectivity index (χ2v) is 4.17. The Bertz CT molecular complexity index is 246. The molecule has 0 bridgehead atoms. The Kier molecular flexibility index (Phi) is 2.80. The first-order valence-electron chi connectivity index (χ1n) is 3.91. The van der Waals surface area contributed by atoms with Crippen molar-refractivity contribution < 1.29 is 5.11 Å². The van der Waals surface area contributed by atoms with Gasteiger partial charge in [0.2, 0.25) is 0 Å². The van der Waals surface area contributed by atoms with E-state index in [0.29, 0.717) is 0 Å². The first-order valence-corrected chi connectivity index (χ1v) is 5.13. The fourth-order valence-corrected chi connectivity index (χ4v) is 1.41. The van der Waals surface area contributed by atoms with Crippen molar-refractivity contribution >= 4 is 11.8 Å². The second-order valence-electron chi connectivity index (χ2n) is 3.29. The second kappa shape index (κ2) is 3.50. The Balaban J connectivity index is 2.93. The third-order valence-electron chi connectivity index (χ3n) is 1.80. The van der Waals surface area contributed by atoms with Crippen LogP contribution in [0.15, 0.2) is 29.2 Å². The third kappa shape index (κ3) is 2.26. The van der Waals surface area contributed by atoms with Crippen molar-refractivity contribution in [3.63, 3.8) is 0 Å². The predicted octanol–water partition coefficient (Wildman–Crippen LogP) is 2.64. The van der Waals surface area contributed by atoms with Crippen LogP contribution in [0, 0.1) is 0 Å². The molecule has 1 aromatic carbocycles. The van der Waals surface area contributed by atoms with Gasteiger partial charge in [0.1, 0.15) is 0 Å². The van der Waals surface area contributed by atoms with E-state index in [0.717, 1.165) is 5.56 Å². The van der Waals surface area contributed by atoms with Crippen molar-refractivity contribution in [2.75, 3.05) is 6.26 Å². The lowest BCUT2D eigenvalue weighted by molar-refractivity contribution is 0.0785. The first-order chi connectivity index (χ1) is 5.54. The van der Waals surface area contributed by atoms with Gasteiger partial charge >= 0.3 is 0 Å². The summed E-state index contributed by atoms with van der Waals surface area (Å²) in [6.07, 6.45) is 2.04. The van der Waals surface area contributed by atoms with E-state index in [4.69, 9.17) is 0 Å². The molecule has 1 rings (SSSR count). The van der Waals surface area contributed by atoms with Gasteiger partial charge < -0.3 is 5.11 Å². The highest BCUT2D eigenvalue weighted by molar-refractivity contribution is 7.98. The van der Waals surface area contributed by atoms with Gasteiger partial charge in [-0.2, -0.15) is 0 Å². The molecule has 12 heavy (non-hydrogen) atoms. The SMILES string of the molecule is CSc1ccc(C(C)(C)O)cc1. The average molecular weight is 182 g/mol. The van der Waals surface area contributed by atoms with Crippen LogP contribution in [-0.2, 0) is 5.60 Å². The summed E-state index contributed by atoms with van der Waals surface area (Å²) in [4.78, 5) is 1.23. The molecule has 1 aromatic rings. The molecular weight excluding hydrogens is 168 g/mol. The number of hydrogen-bond donors (Lipinski definition) is 1. The van der Waals surface area contributed by atoms with Gasteiger partial charge in [0.25, 0.3) is 0 Å². The molecule has 0 radical (unpaired) electrons. The monoisotopic (exact) mass is 182 g/mol. The van der Waals surface area contributed by atoms with Crippen LogP contribution in [0.3, 0.4) is 0 Å². The molecule has 0 saturated heterocycles. The van der Waals surface area contributed by atoms with Gasteiger partial charge in [-0.25, -0.2) is 0 Å². The van der Waals surface area contributed by atoms with E-state index in [2.05, 4.69) is 0 Å². The van der Waals surface area contributed by atoms with Crippen LogP contribution in [0.4, 0.5) is 0 Å². The molecule has 0 aliphatic heterocycles. The minimum absolute atomic E-state index is 0.725. The quantitative estimate of drug-likeness (QED) is 0.709. The topological polar surface area (TPSA) is 20.2 Å². The lowest BCUT2D eigenvalue weighted by Crippen LogP contribution is -2.14. The highest BCUT2D eigenvalue weighted by Crippen LogP contribution is 2.22. The summed E-state index contributed by atoms with van der Waals surface area (Å²) in [6, 6.07) is 7.98. The first kappa shape index (κ1) is 9.62. The summed E-state index contributed by atoms with van der Waals surface area (Å²) in [7, 11) is 0. The van der Waals surface area contributed by atoms with E-state index >= 15 is 0 Å². The summed E-state index contributed by atoms with van der Waals surface area (Å²) in [5.74, 6) is 0. The van der Waals surface area contributed by atoms with Gasteiger partial charge in [0, 0.05) is 4.90 Å². The van der Waals surface area contributed by atoms with Crippen molar-refractivity contribution in [1.29, 1.82) is 0 Å². The fourth-order valence-electron chi connectivity index (χ4n) is 0.999. The number of aliphatic hydroxyl groups is 1. The van der Waals surface area contributed by atoms with E-state index in [1.54, 1.807) is 25.6 Å². The normalized spacial score (nSPS) is 11.7. The highest BCUT2D eigenvalue weighted by Gasteiger charge is 2.14. The Hall–Kier alpha value is -0.470. The molecule has 1 nitrogen and oxygen atoms in total. The minimum Gasteiger partial charge on any atom is -0.386 e. The number of hydrogen-bond acceptors (Lipinski definition) is 2. The van der Waals surface area contributed by atoms with Crippen LogP contribution in [0.2, 0.25) is 0 Å². The van der Waals surface area contributed by atoms with E-state index in [1.807, 2.05) is 30.5 Å². The Morgan fingerprint density at radius 3 is 2.00 bits per heavy atom. The maximum absolute atomic E-state index is 9.65. The largest absolute Gasteiger partial charge is 0.386 e. The molecule has 0 saturated carbocycles. The molecule has 0 heterocycles. The van der Waals surface area contributed by atoms with Gasteiger partial charge in [-0.3, -0.25) is 0 Å².